The van der Waals surface area contributed by atoms with Crippen LogP contribution in [0.3, 0.4) is 0 Å². The number of nitrogen functional groups attached to an aromatic ring is 1. The Morgan fingerprint density at radius 3 is 2.86 bits per heavy atom. The summed E-state index contributed by atoms with van der Waals surface area (Å²) in [6.45, 7) is 4.81. The number of sulfonamides is 1. The largest absolute Gasteiger partial charge is 0.495 e. The van der Waals surface area contributed by atoms with E-state index in [1.165, 1.54) is 19.2 Å². The minimum atomic E-state index is -3.55. The van der Waals surface area contributed by atoms with Crippen molar-refractivity contribution in [3.05, 3.63) is 18.2 Å². The molecule has 2 rings (SSSR count). The van der Waals surface area contributed by atoms with Crippen LogP contribution in [0.1, 0.15) is 19.8 Å². The highest BCUT2D eigenvalue weighted by Gasteiger charge is 2.25. The molecule has 0 spiro atoms. The van der Waals surface area contributed by atoms with Crippen molar-refractivity contribution in [3.63, 3.8) is 0 Å². The first-order valence-corrected chi connectivity index (χ1v) is 8.62. The molecule has 0 aliphatic carbocycles. The first-order valence-electron chi connectivity index (χ1n) is 7.14. The lowest BCUT2D eigenvalue weighted by molar-refractivity contribution is 0.211. The molecule has 1 aromatic rings. The maximum absolute atomic E-state index is 12.4. The molecule has 118 valence electrons. The van der Waals surface area contributed by atoms with E-state index in [0.717, 1.165) is 32.5 Å². The molecular weight excluding hydrogens is 290 g/mol. The normalized spacial score (nSPS) is 20.4. The molecule has 1 saturated heterocycles. The summed E-state index contributed by atoms with van der Waals surface area (Å²) in [4.78, 5) is 2.42. The van der Waals surface area contributed by atoms with E-state index in [1.807, 2.05) is 0 Å². The van der Waals surface area contributed by atoms with Gasteiger partial charge in [0, 0.05) is 12.6 Å². The molecule has 0 bridgehead atoms. The van der Waals surface area contributed by atoms with Crippen molar-refractivity contribution in [1.29, 1.82) is 0 Å². The number of ether oxygens (including phenoxy) is 1. The summed E-state index contributed by atoms with van der Waals surface area (Å²) < 4.78 is 32.7. The molecule has 1 fully saturated rings. The summed E-state index contributed by atoms with van der Waals surface area (Å²) in [7, 11) is -2.05. The van der Waals surface area contributed by atoms with Gasteiger partial charge in [0.2, 0.25) is 10.0 Å². The SMILES string of the molecule is CCN1CCCC(NS(=O)(=O)c2ccc(OC)c(N)c2)C1. The molecule has 1 unspecified atom stereocenters. The number of likely N-dealkylation sites (tertiary alicyclic amines) is 1. The first-order chi connectivity index (χ1) is 9.96. The molecule has 3 N–H and O–H groups in total. The number of likely N-dealkylation sites (N-methyl/N-ethyl adjacent to an activating group) is 1. The molecule has 1 atom stereocenters. The van der Waals surface area contributed by atoms with Crippen molar-refractivity contribution in [2.75, 3.05) is 32.5 Å². The van der Waals surface area contributed by atoms with Gasteiger partial charge in [0.15, 0.2) is 0 Å². The van der Waals surface area contributed by atoms with Crippen LogP contribution in [-0.4, -0.2) is 46.1 Å². The topological polar surface area (TPSA) is 84.7 Å². The third-order valence-electron chi connectivity index (χ3n) is 3.79. The number of rotatable bonds is 5. The third kappa shape index (κ3) is 3.87. The molecule has 0 saturated carbocycles. The second-order valence-corrected chi connectivity index (χ2v) is 6.97. The zero-order chi connectivity index (χ0) is 15.5. The molecule has 0 aromatic heterocycles. The highest BCUT2D eigenvalue weighted by molar-refractivity contribution is 7.89. The van der Waals surface area contributed by atoms with E-state index in [9.17, 15) is 8.42 Å². The summed E-state index contributed by atoms with van der Waals surface area (Å²) in [6.07, 6.45) is 1.87. The second-order valence-electron chi connectivity index (χ2n) is 5.26. The number of nitrogens with two attached hydrogens (primary N) is 1. The Kier molecular flexibility index (Phi) is 5.08. The van der Waals surface area contributed by atoms with Gasteiger partial charge in [0.25, 0.3) is 0 Å². The van der Waals surface area contributed by atoms with E-state index in [2.05, 4.69) is 16.5 Å². The van der Waals surface area contributed by atoms with Gasteiger partial charge in [-0.25, -0.2) is 13.1 Å². The predicted molar refractivity (Wildman–Crippen MR) is 82.9 cm³/mol. The molecule has 7 heteroatoms. The lowest BCUT2D eigenvalue weighted by atomic mass is 10.1. The maximum Gasteiger partial charge on any atom is 0.240 e. The van der Waals surface area contributed by atoms with Gasteiger partial charge in [-0.3, -0.25) is 0 Å². The van der Waals surface area contributed by atoms with Crippen molar-refractivity contribution in [2.45, 2.75) is 30.7 Å². The number of hydrogen-bond acceptors (Lipinski definition) is 5. The number of methoxy groups -OCH3 is 1. The van der Waals surface area contributed by atoms with Crippen LogP contribution in [0.15, 0.2) is 23.1 Å². The summed E-state index contributed by atoms with van der Waals surface area (Å²) in [5, 5.41) is 0. The molecule has 1 heterocycles. The Morgan fingerprint density at radius 1 is 1.48 bits per heavy atom. The van der Waals surface area contributed by atoms with Gasteiger partial charge in [-0.15, -0.1) is 0 Å². The van der Waals surface area contributed by atoms with Crippen LogP contribution in [0.25, 0.3) is 0 Å². The lowest BCUT2D eigenvalue weighted by Gasteiger charge is -2.32. The van der Waals surface area contributed by atoms with Crippen LogP contribution >= 0.6 is 0 Å². The summed E-state index contributed by atoms with van der Waals surface area (Å²) in [5.74, 6) is 0.476. The maximum atomic E-state index is 12.4. The third-order valence-corrected chi connectivity index (χ3v) is 5.30. The van der Waals surface area contributed by atoms with Crippen molar-refractivity contribution in [3.8, 4) is 5.75 Å². The fourth-order valence-electron chi connectivity index (χ4n) is 2.61. The Bertz CT molecular complexity index is 589. The average Bonchev–Trinajstić information content (AvgIpc) is 2.47. The molecule has 0 amide bonds. The monoisotopic (exact) mass is 313 g/mol. The van der Waals surface area contributed by atoms with Gasteiger partial charge < -0.3 is 15.4 Å². The molecule has 0 radical (unpaired) electrons. The van der Waals surface area contributed by atoms with Crippen molar-refractivity contribution >= 4 is 15.7 Å². The minimum Gasteiger partial charge on any atom is -0.495 e. The molecule has 21 heavy (non-hydrogen) atoms. The summed E-state index contributed by atoms with van der Waals surface area (Å²) in [6, 6.07) is 4.47. The lowest BCUT2D eigenvalue weighted by Crippen LogP contribution is -2.47. The summed E-state index contributed by atoms with van der Waals surface area (Å²) >= 11 is 0. The number of nitrogens with one attached hydrogen (secondary N) is 1. The predicted octanol–water partition coefficient (Wildman–Crippen LogP) is 1.04. The Morgan fingerprint density at radius 2 is 2.24 bits per heavy atom. The van der Waals surface area contributed by atoms with E-state index >= 15 is 0 Å². The number of hydrogen-bond donors (Lipinski definition) is 2. The van der Waals surface area contributed by atoms with E-state index in [-0.39, 0.29) is 10.9 Å². The van der Waals surface area contributed by atoms with Gasteiger partial charge in [-0.2, -0.15) is 0 Å². The zero-order valence-corrected chi connectivity index (χ0v) is 13.3. The van der Waals surface area contributed by atoms with Gasteiger partial charge >= 0.3 is 0 Å². The fourth-order valence-corrected chi connectivity index (χ4v) is 3.90. The highest BCUT2D eigenvalue weighted by Crippen LogP contribution is 2.24. The van der Waals surface area contributed by atoms with Crippen LogP contribution in [-0.2, 0) is 10.0 Å². The highest BCUT2D eigenvalue weighted by atomic mass is 32.2. The van der Waals surface area contributed by atoms with Crippen LogP contribution in [0, 0.1) is 0 Å². The van der Waals surface area contributed by atoms with E-state index in [4.69, 9.17) is 10.5 Å². The smallest absolute Gasteiger partial charge is 0.240 e. The van der Waals surface area contributed by atoms with E-state index in [0.29, 0.717) is 11.4 Å². The zero-order valence-electron chi connectivity index (χ0n) is 12.5. The van der Waals surface area contributed by atoms with Crippen LogP contribution in [0.5, 0.6) is 5.75 Å². The summed E-state index contributed by atoms with van der Waals surface area (Å²) in [5.41, 5.74) is 6.10. The molecule has 1 aliphatic heterocycles. The van der Waals surface area contributed by atoms with Gasteiger partial charge in [0.1, 0.15) is 5.75 Å². The van der Waals surface area contributed by atoms with Crippen molar-refractivity contribution in [2.24, 2.45) is 0 Å². The minimum absolute atomic E-state index is 0.0490. The number of piperidine rings is 1. The van der Waals surface area contributed by atoms with Crippen LogP contribution in [0.4, 0.5) is 5.69 Å². The van der Waals surface area contributed by atoms with Crippen LogP contribution in [0.2, 0.25) is 0 Å². The van der Waals surface area contributed by atoms with Gasteiger partial charge in [0.05, 0.1) is 17.7 Å². The molecule has 1 aliphatic rings. The number of nitrogens with zero attached hydrogens (tertiary/aromatic N) is 1. The second kappa shape index (κ2) is 6.64. The number of benzene rings is 1. The Hall–Kier alpha value is -1.31. The standard InChI is InChI=1S/C14H23N3O3S/c1-3-17-8-4-5-11(10-17)16-21(18,19)12-6-7-14(20-2)13(15)9-12/h6-7,9,11,16H,3-5,8,10,15H2,1-2H3. The van der Waals surface area contributed by atoms with Gasteiger partial charge in [-0.1, -0.05) is 6.92 Å². The van der Waals surface area contributed by atoms with Crippen molar-refractivity contribution < 1.29 is 13.2 Å². The van der Waals surface area contributed by atoms with E-state index in [1.54, 1.807) is 6.07 Å². The fraction of sp³-hybridized carbons (Fsp3) is 0.571. The molecule has 1 aromatic carbocycles. The van der Waals surface area contributed by atoms with Gasteiger partial charge in [-0.05, 0) is 44.1 Å². The quantitative estimate of drug-likeness (QED) is 0.794. The van der Waals surface area contributed by atoms with Crippen LogP contribution < -0.4 is 15.2 Å². The number of anilines is 1. The average molecular weight is 313 g/mol. The van der Waals surface area contributed by atoms with E-state index < -0.39 is 10.0 Å². The Balaban J connectivity index is 2.13. The Labute approximate surface area is 126 Å². The molecule has 6 nitrogen and oxygen atoms in total. The molecular formula is C14H23N3O3S. The first kappa shape index (κ1) is 16.1. The van der Waals surface area contributed by atoms with Crippen molar-refractivity contribution in [1.82, 2.24) is 9.62 Å².